The Bertz CT molecular complexity index is 2780. The summed E-state index contributed by atoms with van der Waals surface area (Å²) in [7, 11) is 0. The number of nitrogens with zero attached hydrogens (tertiary/aromatic N) is 5. The van der Waals surface area contributed by atoms with Gasteiger partial charge in [0.05, 0.1) is 21.4 Å². The summed E-state index contributed by atoms with van der Waals surface area (Å²) in [5.41, 5.74) is 8.10. The molecule has 52 heavy (non-hydrogen) atoms. The van der Waals surface area contributed by atoms with Gasteiger partial charge in [0.2, 0.25) is 5.95 Å². The molecule has 0 atom stereocenters. The molecule has 0 bridgehead atoms. The van der Waals surface area contributed by atoms with Crippen LogP contribution in [0.1, 0.15) is 25.2 Å². The highest BCUT2D eigenvalue weighted by Gasteiger charge is 2.22. The maximum atomic E-state index is 5.20. The Morgan fingerprint density at radius 1 is 0.712 bits per heavy atom. The predicted molar refractivity (Wildman–Crippen MR) is 222 cm³/mol. The van der Waals surface area contributed by atoms with Crippen molar-refractivity contribution < 1.29 is 0 Å². The first-order valence-electron chi connectivity index (χ1n) is 17.2. The third kappa shape index (κ3) is 5.79. The third-order valence-corrected chi connectivity index (χ3v) is 10.3. The first kappa shape index (κ1) is 32.7. The Morgan fingerprint density at radius 3 is 2.33 bits per heavy atom. The van der Waals surface area contributed by atoms with Gasteiger partial charge < -0.3 is 0 Å². The molecule has 4 aromatic heterocycles. The minimum atomic E-state index is 0.553. The standard InChI is InChI=1S/C46H35N5S/c1-5-9-17-30(8-4)44-48-45(32-18-11-10-12-19-32)50-46(49-44)51-40-25-21-33(31(15-6-2)16-7-3)28-37(40)35-23-24-36-38-29-34(39-20-13-14-27-47-39)22-26-41(38)52-43(36)42(35)51/h5-29H,1-2H2,3-4H3/b16-7-,17-9-,30-8+,31-15+. The molecule has 0 saturated carbocycles. The lowest BCUT2D eigenvalue weighted by Gasteiger charge is -2.12. The van der Waals surface area contributed by atoms with Crippen LogP contribution in [0.3, 0.4) is 0 Å². The third-order valence-electron chi connectivity index (χ3n) is 9.14. The van der Waals surface area contributed by atoms with Crippen LogP contribution in [-0.2, 0) is 0 Å². The maximum Gasteiger partial charge on any atom is 0.238 e. The van der Waals surface area contributed by atoms with Gasteiger partial charge in [0.25, 0.3) is 0 Å². The van der Waals surface area contributed by atoms with Crippen LogP contribution in [0.2, 0.25) is 0 Å². The van der Waals surface area contributed by atoms with Crippen molar-refractivity contribution >= 4 is 64.5 Å². The van der Waals surface area contributed by atoms with Gasteiger partial charge in [-0.25, -0.2) is 4.98 Å². The highest BCUT2D eigenvalue weighted by Crippen LogP contribution is 2.44. The molecule has 0 saturated heterocycles. The summed E-state index contributed by atoms with van der Waals surface area (Å²) in [6, 6.07) is 33.9. The van der Waals surface area contributed by atoms with Gasteiger partial charge >= 0.3 is 0 Å². The van der Waals surface area contributed by atoms with E-state index < -0.39 is 0 Å². The zero-order valence-electron chi connectivity index (χ0n) is 29.0. The number of hydrogen-bond donors (Lipinski definition) is 0. The average Bonchev–Trinajstić information content (AvgIpc) is 3.74. The fourth-order valence-electron chi connectivity index (χ4n) is 6.75. The highest BCUT2D eigenvalue weighted by molar-refractivity contribution is 7.26. The molecular formula is C46H35N5S. The fraction of sp³-hybridized carbons (Fsp3) is 0.0435. The molecule has 0 spiro atoms. The Balaban J connectivity index is 1.48. The number of pyridine rings is 1. The molecule has 0 aliphatic rings. The van der Waals surface area contributed by atoms with E-state index in [4.69, 9.17) is 15.0 Å². The second-order valence-corrected chi connectivity index (χ2v) is 13.3. The molecule has 8 aromatic rings. The summed E-state index contributed by atoms with van der Waals surface area (Å²) in [4.78, 5) is 20.0. The highest BCUT2D eigenvalue weighted by atomic mass is 32.1. The molecule has 4 aromatic carbocycles. The van der Waals surface area contributed by atoms with Crippen molar-refractivity contribution in [3.63, 3.8) is 0 Å². The van der Waals surface area contributed by atoms with Crippen LogP contribution in [0.15, 0.2) is 165 Å². The molecule has 5 nitrogen and oxygen atoms in total. The molecule has 0 N–H and O–H groups in total. The number of aromatic nitrogens is 5. The van der Waals surface area contributed by atoms with Crippen molar-refractivity contribution in [2.24, 2.45) is 0 Å². The fourth-order valence-corrected chi connectivity index (χ4v) is 7.97. The van der Waals surface area contributed by atoms with Gasteiger partial charge in [-0.1, -0.05) is 122 Å². The SMILES string of the molecule is C=C/C=C\C(=C/C)c1nc(-c2ccccc2)nc(-n2c3ccc(C(/C=C\C)=C/C=C)cc3c3ccc4c5cc(-c6ccccn6)ccc5sc4c32)n1. The van der Waals surface area contributed by atoms with Crippen LogP contribution in [-0.4, -0.2) is 24.5 Å². The van der Waals surface area contributed by atoms with Crippen LogP contribution in [0.4, 0.5) is 0 Å². The second-order valence-electron chi connectivity index (χ2n) is 12.3. The van der Waals surface area contributed by atoms with Gasteiger partial charge in [-0.15, -0.1) is 11.3 Å². The van der Waals surface area contributed by atoms with E-state index in [9.17, 15) is 0 Å². The number of thiophene rings is 1. The van der Waals surface area contributed by atoms with Crippen LogP contribution in [0, 0.1) is 0 Å². The monoisotopic (exact) mass is 689 g/mol. The van der Waals surface area contributed by atoms with Gasteiger partial charge in [-0.05, 0) is 61.4 Å². The molecule has 0 amide bonds. The lowest BCUT2D eigenvalue weighted by molar-refractivity contribution is 0.934. The van der Waals surface area contributed by atoms with Crippen molar-refractivity contribution in [2.75, 3.05) is 0 Å². The molecule has 4 heterocycles. The zero-order valence-corrected chi connectivity index (χ0v) is 29.8. The van der Waals surface area contributed by atoms with Gasteiger partial charge in [-0.3, -0.25) is 9.55 Å². The Hall–Kier alpha value is -6.50. The molecular weight excluding hydrogens is 655 g/mol. The van der Waals surface area contributed by atoms with Crippen molar-refractivity contribution in [1.29, 1.82) is 0 Å². The van der Waals surface area contributed by atoms with Crippen LogP contribution in [0.5, 0.6) is 0 Å². The molecule has 0 aliphatic carbocycles. The summed E-state index contributed by atoms with van der Waals surface area (Å²) >= 11 is 1.79. The molecule has 0 unspecified atom stereocenters. The minimum Gasteiger partial charge on any atom is -0.276 e. The number of allylic oxidation sites excluding steroid dienone is 10. The molecule has 6 heteroatoms. The van der Waals surface area contributed by atoms with Crippen molar-refractivity contribution in [3.8, 4) is 28.6 Å². The molecule has 250 valence electrons. The Kier molecular flexibility index (Phi) is 8.81. The topological polar surface area (TPSA) is 56.5 Å². The quantitative estimate of drug-likeness (QED) is 0.142. The van der Waals surface area contributed by atoms with E-state index in [1.807, 2.05) is 92.9 Å². The van der Waals surface area contributed by atoms with Crippen molar-refractivity contribution in [2.45, 2.75) is 13.8 Å². The summed E-state index contributed by atoms with van der Waals surface area (Å²) in [5.74, 6) is 1.74. The summed E-state index contributed by atoms with van der Waals surface area (Å²) < 4.78 is 4.59. The molecule has 0 fully saturated rings. The predicted octanol–water partition coefficient (Wildman–Crippen LogP) is 12.4. The van der Waals surface area contributed by atoms with E-state index >= 15 is 0 Å². The second kappa shape index (κ2) is 14.0. The number of fused-ring (bicyclic) bond motifs is 7. The lowest BCUT2D eigenvalue weighted by Crippen LogP contribution is -2.08. The normalized spacial score (nSPS) is 12.7. The van der Waals surface area contributed by atoms with Crippen molar-refractivity contribution in [3.05, 3.63) is 176 Å². The zero-order chi connectivity index (χ0) is 35.6. The van der Waals surface area contributed by atoms with E-state index in [-0.39, 0.29) is 0 Å². The van der Waals surface area contributed by atoms with Crippen LogP contribution < -0.4 is 0 Å². The smallest absolute Gasteiger partial charge is 0.238 e. The largest absolute Gasteiger partial charge is 0.276 e. The van der Waals surface area contributed by atoms with Gasteiger partial charge in [0.1, 0.15) is 0 Å². The molecule has 0 radical (unpaired) electrons. The van der Waals surface area contributed by atoms with Crippen molar-refractivity contribution in [1.82, 2.24) is 24.5 Å². The van der Waals surface area contributed by atoms with Gasteiger partial charge in [-0.2, -0.15) is 9.97 Å². The minimum absolute atomic E-state index is 0.553. The van der Waals surface area contributed by atoms with Crippen LogP contribution >= 0.6 is 11.3 Å². The summed E-state index contributed by atoms with van der Waals surface area (Å²) in [6.07, 6.45) is 17.6. The first-order chi connectivity index (χ1) is 25.6. The maximum absolute atomic E-state index is 5.20. The van der Waals surface area contributed by atoms with E-state index in [2.05, 4.69) is 89.5 Å². The Morgan fingerprint density at radius 2 is 1.56 bits per heavy atom. The first-order valence-corrected chi connectivity index (χ1v) is 18.0. The van der Waals surface area contributed by atoms with Crippen LogP contribution in [0.25, 0.3) is 81.7 Å². The lowest BCUT2D eigenvalue weighted by atomic mass is 10.0. The van der Waals surface area contributed by atoms with E-state index in [0.717, 1.165) is 55.3 Å². The van der Waals surface area contributed by atoms with Gasteiger partial charge in [0.15, 0.2) is 11.6 Å². The average molecular weight is 690 g/mol. The molecule has 8 rings (SSSR count). The van der Waals surface area contributed by atoms with E-state index in [1.54, 1.807) is 17.4 Å². The summed E-state index contributed by atoms with van der Waals surface area (Å²) in [6.45, 7) is 11.9. The molecule has 0 aliphatic heterocycles. The summed E-state index contributed by atoms with van der Waals surface area (Å²) in [5, 5.41) is 4.61. The number of hydrogen-bond acceptors (Lipinski definition) is 5. The number of rotatable bonds is 9. The Labute approximate surface area is 306 Å². The van der Waals surface area contributed by atoms with E-state index in [0.29, 0.717) is 17.6 Å². The van der Waals surface area contributed by atoms with E-state index in [1.165, 1.54) is 20.2 Å². The number of benzene rings is 4. The van der Waals surface area contributed by atoms with Gasteiger partial charge in [0, 0.05) is 49.1 Å².